The number of alkyl halides is 1. The summed E-state index contributed by atoms with van der Waals surface area (Å²) in [6, 6.07) is 17.8. The summed E-state index contributed by atoms with van der Waals surface area (Å²) in [6.45, 7) is 15.8. The van der Waals surface area contributed by atoms with Gasteiger partial charge in [0, 0.05) is 90.2 Å². The van der Waals surface area contributed by atoms with Crippen LogP contribution in [0.25, 0.3) is 16.5 Å². The molecule has 2 saturated heterocycles. The highest BCUT2D eigenvalue weighted by Crippen LogP contribution is 2.44. The molecule has 1 amide bonds. The van der Waals surface area contributed by atoms with Gasteiger partial charge in [0.05, 0.1) is 23.3 Å². The predicted octanol–water partition coefficient (Wildman–Crippen LogP) is 10.8. The van der Waals surface area contributed by atoms with E-state index in [1.54, 1.807) is 12.1 Å². The third-order valence-corrected chi connectivity index (χ3v) is 16.6. The van der Waals surface area contributed by atoms with Gasteiger partial charge in [0.25, 0.3) is 15.9 Å². The molecule has 1 aliphatic carbocycles. The third kappa shape index (κ3) is 12.7. The van der Waals surface area contributed by atoms with Gasteiger partial charge in [0.1, 0.15) is 51.8 Å². The monoisotopic (exact) mass is 1020 g/mol. The zero-order chi connectivity index (χ0) is 49.1. The highest BCUT2D eigenvalue weighted by Gasteiger charge is 2.34. The molecule has 370 valence electrons. The minimum Gasteiger partial charge on any atom is -0.473 e. The van der Waals surface area contributed by atoms with Crippen LogP contribution in [0.15, 0.2) is 83.5 Å². The van der Waals surface area contributed by atoms with Crippen LogP contribution in [0.4, 0.5) is 14.5 Å². The molecule has 0 spiro atoms. The first-order valence-electron chi connectivity index (χ1n) is 23.3. The highest BCUT2D eigenvalue weighted by molar-refractivity contribution is 7.90. The van der Waals surface area contributed by atoms with E-state index in [4.69, 9.17) is 42.1 Å². The molecular weight excluding hydrogens is 966 g/mol. The molecule has 2 aliphatic heterocycles. The van der Waals surface area contributed by atoms with E-state index in [2.05, 4.69) is 70.2 Å². The molecule has 2 fully saturated rings. The summed E-state index contributed by atoms with van der Waals surface area (Å²) >= 11 is 12.7. The predicted molar refractivity (Wildman–Crippen MR) is 268 cm³/mol. The Bertz CT molecular complexity index is 2810. The second kappa shape index (κ2) is 21.0. The number of fused-ring (bicyclic) bond motifs is 1. The fourth-order valence-corrected chi connectivity index (χ4v) is 10.9. The van der Waals surface area contributed by atoms with Gasteiger partial charge in [-0.3, -0.25) is 9.69 Å². The van der Waals surface area contributed by atoms with Crippen molar-refractivity contribution in [3.8, 4) is 17.4 Å². The lowest BCUT2D eigenvalue weighted by Gasteiger charge is -2.39. The number of carbonyl (C=O) groups excluding carboxylic acids is 1. The number of aromatic nitrogens is 3. The van der Waals surface area contributed by atoms with E-state index in [1.807, 2.05) is 12.1 Å². The number of benzene rings is 3. The van der Waals surface area contributed by atoms with Gasteiger partial charge in [-0.1, -0.05) is 74.4 Å². The van der Waals surface area contributed by atoms with Crippen molar-refractivity contribution in [1.29, 1.82) is 0 Å². The number of anilines is 1. The summed E-state index contributed by atoms with van der Waals surface area (Å²) in [4.78, 5) is 22.4. The Hall–Kier alpha value is -4.62. The van der Waals surface area contributed by atoms with Crippen LogP contribution >= 0.6 is 23.2 Å². The maximum absolute atomic E-state index is 15.5. The second-order valence-electron chi connectivity index (χ2n) is 20.2. The molecule has 0 saturated carbocycles. The zero-order valence-corrected chi connectivity index (χ0v) is 43.1. The van der Waals surface area contributed by atoms with Crippen molar-refractivity contribution in [3.05, 3.63) is 106 Å². The maximum atomic E-state index is 15.5. The van der Waals surface area contributed by atoms with Gasteiger partial charge in [-0.05, 0) is 84.3 Å². The van der Waals surface area contributed by atoms with Crippen LogP contribution in [-0.2, 0) is 26.2 Å². The number of rotatable bonds is 17. The van der Waals surface area contributed by atoms with Crippen molar-refractivity contribution in [2.24, 2.45) is 5.41 Å². The fraction of sp³-hybridized carbons (Fsp3) is 0.460. The SMILES string of the molecule is CC1(C)CCC(CN2CCN(c3ccc(C(=O)NS(=O)(=O)c4cnc(OCC5(F)CCOCC5)c(Cl)c4)c(Oc4ccc(F)c5c4cnn5COCC[Si](C)(C)C)c3)CC2)=C(c2ccc(Cl)cc2)C1. The first kappa shape index (κ1) is 50.8. The van der Waals surface area contributed by atoms with Gasteiger partial charge < -0.3 is 23.8 Å². The first-order chi connectivity index (χ1) is 32.7. The van der Waals surface area contributed by atoms with Gasteiger partial charge in [-0.15, -0.1) is 0 Å². The number of sulfonamides is 1. The molecule has 0 unspecified atom stereocenters. The summed E-state index contributed by atoms with van der Waals surface area (Å²) in [6.07, 6.45) is 5.87. The number of piperazine rings is 1. The van der Waals surface area contributed by atoms with Crippen LogP contribution in [-0.4, -0.2) is 107 Å². The molecule has 8 rings (SSSR count). The molecule has 3 aromatic carbocycles. The molecule has 0 atom stereocenters. The number of ether oxygens (including phenoxy) is 4. The van der Waals surface area contributed by atoms with Crippen molar-refractivity contribution >= 4 is 69.4 Å². The minimum absolute atomic E-state index is 0.0249. The van der Waals surface area contributed by atoms with Crippen LogP contribution in [0.2, 0.25) is 35.7 Å². The fourth-order valence-electron chi connectivity index (χ4n) is 8.82. The van der Waals surface area contributed by atoms with Crippen LogP contribution in [0.5, 0.6) is 17.4 Å². The Morgan fingerprint density at radius 3 is 2.39 bits per heavy atom. The number of amides is 1. The molecular formula is C50H60Cl2F2N6O7SSi. The summed E-state index contributed by atoms with van der Waals surface area (Å²) < 4.78 is 85.0. The molecule has 0 radical (unpaired) electrons. The Morgan fingerprint density at radius 1 is 0.942 bits per heavy atom. The molecule has 69 heavy (non-hydrogen) atoms. The number of carbonyl (C=O) groups is 1. The van der Waals surface area contributed by atoms with Crippen LogP contribution in [0, 0.1) is 11.2 Å². The van der Waals surface area contributed by atoms with Crippen molar-refractivity contribution in [2.45, 2.75) is 88.9 Å². The third-order valence-electron chi connectivity index (χ3n) is 13.1. The number of halogens is 4. The van der Waals surface area contributed by atoms with E-state index in [0.717, 1.165) is 62.9 Å². The summed E-state index contributed by atoms with van der Waals surface area (Å²) in [7, 11) is -5.94. The van der Waals surface area contributed by atoms with Gasteiger partial charge in [-0.25, -0.2) is 31.6 Å². The van der Waals surface area contributed by atoms with Crippen molar-refractivity contribution in [1.82, 2.24) is 24.4 Å². The normalized spacial score (nSPS) is 17.8. The Labute approximate surface area is 414 Å². The van der Waals surface area contributed by atoms with E-state index >= 15 is 8.78 Å². The minimum atomic E-state index is -4.57. The van der Waals surface area contributed by atoms with E-state index in [0.29, 0.717) is 30.1 Å². The number of hydrogen-bond donors (Lipinski definition) is 1. The van der Waals surface area contributed by atoms with Gasteiger partial charge in [-0.2, -0.15) is 5.10 Å². The van der Waals surface area contributed by atoms with E-state index in [-0.39, 0.29) is 78.3 Å². The van der Waals surface area contributed by atoms with E-state index in [9.17, 15) is 13.2 Å². The second-order valence-corrected chi connectivity index (χ2v) is 28.4. The first-order valence-corrected chi connectivity index (χ1v) is 29.3. The van der Waals surface area contributed by atoms with Crippen molar-refractivity contribution in [2.75, 3.05) is 64.1 Å². The van der Waals surface area contributed by atoms with Crippen LogP contribution in [0.3, 0.4) is 0 Å². The van der Waals surface area contributed by atoms with Crippen LogP contribution < -0.4 is 19.1 Å². The number of pyridine rings is 1. The lowest BCUT2D eigenvalue weighted by molar-refractivity contribution is -0.0331. The number of nitrogens with one attached hydrogen (secondary N) is 1. The number of hydrogen-bond acceptors (Lipinski definition) is 11. The molecule has 4 heterocycles. The topological polar surface area (TPSA) is 137 Å². The summed E-state index contributed by atoms with van der Waals surface area (Å²) in [5.41, 5.74) is 3.41. The Morgan fingerprint density at radius 2 is 1.68 bits per heavy atom. The quantitative estimate of drug-likeness (QED) is 0.0704. The van der Waals surface area contributed by atoms with E-state index < -0.39 is 40.4 Å². The lowest BCUT2D eigenvalue weighted by Crippen LogP contribution is -2.47. The highest BCUT2D eigenvalue weighted by atomic mass is 35.5. The molecule has 3 aliphatic rings. The van der Waals surface area contributed by atoms with Gasteiger partial charge in [0.15, 0.2) is 0 Å². The average molecular weight is 1030 g/mol. The van der Waals surface area contributed by atoms with Crippen molar-refractivity contribution in [3.63, 3.8) is 0 Å². The Balaban J connectivity index is 1.03. The maximum Gasteiger partial charge on any atom is 0.268 e. The molecule has 13 nitrogen and oxygen atoms in total. The van der Waals surface area contributed by atoms with Gasteiger partial charge in [0.2, 0.25) is 5.88 Å². The van der Waals surface area contributed by atoms with Crippen molar-refractivity contribution < 1.29 is 40.9 Å². The molecule has 0 bridgehead atoms. The van der Waals surface area contributed by atoms with E-state index in [1.165, 1.54) is 45.8 Å². The molecule has 1 N–H and O–H groups in total. The molecule has 5 aromatic rings. The van der Waals surface area contributed by atoms with Gasteiger partial charge >= 0.3 is 0 Å². The zero-order valence-electron chi connectivity index (χ0n) is 39.8. The number of allylic oxidation sites excluding steroid dienone is 1. The standard InChI is InChI=1S/C50H60Cl2F2N6O7SSi/c1-49(2)15-14-35(40(28-49)34-6-8-36(51)9-7-34)31-58-18-20-59(21-19-58)37-10-11-39(45(26-37)67-44-13-12-43(53)46-41(44)30-56-60(46)33-65-24-25-69(3,4)5)47(61)57-68(62,63)38-27-42(52)48(55-29-38)66-32-50(54)16-22-64-23-17-50/h6-13,26-27,29-30H,14-25,28,31-33H2,1-5H3,(H,57,61). The lowest BCUT2D eigenvalue weighted by atomic mass is 9.72. The average Bonchev–Trinajstić information content (AvgIpc) is 3.74. The summed E-state index contributed by atoms with van der Waals surface area (Å²) in [5, 5.41) is 5.27. The largest absolute Gasteiger partial charge is 0.473 e. The Kier molecular flexibility index (Phi) is 15.4. The summed E-state index contributed by atoms with van der Waals surface area (Å²) in [5.74, 6) is -1.46. The molecule has 19 heteroatoms. The smallest absolute Gasteiger partial charge is 0.268 e. The van der Waals surface area contributed by atoms with Crippen LogP contribution in [0.1, 0.15) is 61.9 Å². The molecule has 2 aromatic heterocycles. The number of nitrogens with zero attached hydrogens (tertiary/aromatic N) is 5.